The molecule has 1 aromatic rings. The summed E-state index contributed by atoms with van der Waals surface area (Å²) in [7, 11) is 0. The Morgan fingerprint density at radius 2 is 1.83 bits per heavy atom. The number of hydrogen-bond acceptors (Lipinski definition) is 3. The Morgan fingerprint density at radius 1 is 1.28 bits per heavy atom. The predicted octanol–water partition coefficient (Wildman–Crippen LogP) is 2.93. The van der Waals surface area contributed by atoms with Crippen LogP contribution in [0.15, 0.2) is 12.1 Å². The fourth-order valence-electron chi connectivity index (χ4n) is 2.53. The molecule has 2 rings (SSSR count). The van der Waals surface area contributed by atoms with Crippen molar-refractivity contribution < 1.29 is 9.90 Å². The minimum absolute atomic E-state index is 0.147. The van der Waals surface area contributed by atoms with E-state index in [4.69, 9.17) is 0 Å². The maximum atomic E-state index is 11.2. The van der Waals surface area contributed by atoms with Gasteiger partial charge >= 0.3 is 5.97 Å². The summed E-state index contributed by atoms with van der Waals surface area (Å²) in [4.78, 5) is 15.5. The van der Waals surface area contributed by atoms with Crippen LogP contribution in [0.1, 0.15) is 43.7 Å². The molecule has 0 radical (unpaired) electrons. The van der Waals surface area contributed by atoms with Gasteiger partial charge in [-0.05, 0) is 29.9 Å². The van der Waals surface area contributed by atoms with Crippen LogP contribution in [-0.2, 0) is 0 Å². The summed E-state index contributed by atoms with van der Waals surface area (Å²) in [5.41, 5.74) is 1.35. The first kappa shape index (κ1) is 12.9. The second-order valence-corrected chi connectivity index (χ2v) is 6.17. The first-order chi connectivity index (χ1) is 8.18. The van der Waals surface area contributed by atoms with Gasteiger partial charge in [0.25, 0.3) is 0 Å². The third-order valence-corrected chi connectivity index (χ3v) is 4.57. The summed E-state index contributed by atoms with van der Waals surface area (Å²) in [6.07, 6.45) is 0. The SMILES string of the molecule is Cc1ccc(C(=O)O)c(NC2C(C)(C)C2(C)C)n1. The van der Waals surface area contributed by atoms with Crippen LogP contribution in [0.25, 0.3) is 0 Å². The summed E-state index contributed by atoms with van der Waals surface area (Å²) < 4.78 is 0. The molecule has 0 spiro atoms. The number of rotatable bonds is 3. The molecule has 0 aliphatic heterocycles. The van der Waals surface area contributed by atoms with Gasteiger partial charge < -0.3 is 10.4 Å². The lowest BCUT2D eigenvalue weighted by atomic mass is 10.0. The third-order valence-electron chi connectivity index (χ3n) is 4.57. The largest absolute Gasteiger partial charge is 0.478 e. The topological polar surface area (TPSA) is 62.2 Å². The Morgan fingerprint density at radius 3 is 2.28 bits per heavy atom. The average molecular weight is 248 g/mol. The van der Waals surface area contributed by atoms with E-state index in [2.05, 4.69) is 38.0 Å². The summed E-state index contributed by atoms with van der Waals surface area (Å²) in [6, 6.07) is 3.57. The van der Waals surface area contributed by atoms with Crippen LogP contribution in [0.4, 0.5) is 5.82 Å². The number of hydrogen-bond donors (Lipinski definition) is 2. The Labute approximate surface area is 107 Å². The Kier molecular flexibility index (Phi) is 2.65. The van der Waals surface area contributed by atoms with Crippen LogP contribution in [0.5, 0.6) is 0 Å². The van der Waals surface area contributed by atoms with E-state index in [1.165, 1.54) is 0 Å². The number of carbonyl (C=O) groups is 1. The molecule has 0 saturated heterocycles. The minimum atomic E-state index is -0.943. The van der Waals surface area contributed by atoms with Gasteiger partial charge in [0.1, 0.15) is 11.4 Å². The molecule has 1 aromatic heterocycles. The first-order valence-electron chi connectivity index (χ1n) is 6.15. The van der Waals surface area contributed by atoms with Gasteiger partial charge in [-0.1, -0.05) is 27.7 Å². The summed E-state index contributed by atoms with van der Waals surface area (Å²) in [5.74, 6) is -0.465. The standard InChI is InChI=1S/C14H20N2O2/c1-8-6-7-9(11(17)18)10(15-8)16-12-13(2,3)14(12,4)5/h6-7,12H,1-5H3,(H,15,16)(H,17,18). The molecule has 0 unspecified atom stereocenters. The van der Waals surface area contributed by atoms with E-state index in [0.717, 1.165) is 5.69 Å². The van der Waals surface area contributed by atoms with Crippen LogP contribution in [0.2, 0.25) is 0 Å². The molecule has 18 heavy (non-hydrogen) atoms. The number of aryl methyl sites for hydroxylation is 1. The zero-order valence-corrected chi connectivity index (χ0v) is 11.5. The molecule has 1 aliphatic rings. The van der Waals surface area contributed by atoms with Crippen molar-refractivity contribution in [1.82, 2.24) is 4.98 Å². The van der Waals surface area contributed by atoms with Gasteiger partial charge in [0.15, 0.2) is 0 Å². The lowest BCUT2D eigenvalue weighted by molar-refractivity contribution is 0.0697. The monoisotopic (exact) mass is 248 g/mol. The number of aromatic nitrogens is 1. The fourth-order valence-corrected chi connectivity index (χ4v) is 2.53. The van der Waals surface area contributed by atoms with Gasteiger partial charge in [0.2, 0.25) is 0 Å². The van der Waals surface area contributed by atoms with Crippen LogP contribution >= 0.6 is 0 Å². The maximum Gasteiger partial charge on any atom is 0.339 e. The highest BCUT2D eigenvalue weighted by atomic mass is 16.4. The van der Waals surface area contributed by atoms with Crippen molar-refractivity contribution >= 4 is 11.8 Å². The highest BCUT2D eigenvalue weighted by molar-refractivity contribution is 5.93. The van der Waals surface area contributed by atoms with Crippen molar-refractivity contribution in [2.75, 3.05) is 5.32 Å². The van der Waals surface area contributed by atoms with Gasteiger partial charge in [0, 0.05) is 11.7 Å². The smallest absolute Gasteiger partial charge is 0.339 e. The van der Waals surface area contributed by atoms with E-state index in [9.17, 15) is 9.90 Å². The van der Waals surface area contributed by atoms with Gasteiger partial charge in [-0.2, -0.15) is 0 Å². The molecule has 1 fully saturated rings. The second-order valence-electron chi connectivity index (χ2n) is 6.17. The molecule has 0 atom stereocenters. The average Bonchev–Trinajstić information content (AvgIpc) is 2.60. The van der Waals surface area contributed by atoms with Crippen molar-refractivity contribution in [3.63, 3.8) is 0 Å². The number of carboxylic acids is 1. The van der Waals surface area contributed by atoms with Crippen LogP contribution in [-0.4, -0.2) is 22.1 Å². The molecule has 4 nitrogen and oxygen atoms in total. The van der Waals surface area contributed by atoms with Crippen molar-refractivity contribution in [1.29, 1.82) is 0 Å². The van der Waals surface area contributed by atoms with Crippen molar-refractivity contribution in [3.8, 4) is 0 Å². The maximum absolute atomic E-state index is 11.2. The fraction of sp³-hybridized carbons (Fsp3) is 0.571. The molecule has 4 heteroatoms. The number of nitrogens with zero attached hydrogens (tertiary/aromatic N) is 1. The summed E-state index contributed by atoms with van der Waals surface area (Å²) in [5, 5.41) is 12.5. The van der Waals surface area contributed by atoms with Crippen molar-refractivity contribution in [2.24, 2.45) is 10.8 Å². The van der Waals surface area contributed by atoms with E-state index in [1.807, 2.05) is 6.92 Å². The Bertz CT molecular complexity index is 493. The zero-order chi connectivity index (χ0) is 13.7. The van der Waals surface area contributed by atoms with Crippen molar-refractivity contribution in [3.05, 3.63) is 23.4 Å². The number of pyridine rings is 1. The minimum Gasteiger partial charge on any atom is -0.478 e. The summed E-state index contributed by atoms with van der Waals surface area (Å²) >= 11 is 0. The van der Waals surface area contributed by atoms with Gasteiger partial charge in [-0.3, -0.25) is 0 Å². The first-order valence-corrected chi connectivity index (χ1v) is 6.15. The molecule has 1 heterocycles. The van der Waals surface area contributed by atoms with E-state index < -0.39 is 5.97 Å². The Balaban J connectivity index is 2.31. The Hall–Kier alpha value is -1.58. The number of aromatic carboxylic acids is 1. The van der Waals surface area contributed by atoms with E-state index in [-0.39, 0.29) is 22.4 Å². The highest BCUT2D eigenvalue weighted by Crippen LogP contribution is 2.63. The van der Waals surface area contributed by atoms with Gasteiger partial charge in [-0.15, -0.1) is 0 Å². The van der Waals surface area contributed by atoms with Crippen molar-refractivity contribution in [2.45, 2.75) is 40.7 Å². The highest BCUT2D eigenvalue weighted by Gasteiger charge is 2.65. The van der Waals surface area contributed by atoms with Crippen LogP contribution in [0.3, 0.4) is 0 Å². The van der Waals surface area contributed by atoms with Gasteiger partial charge in [0.05, 0.1) is 0 Å². The lowest BCUT2D eigenvalue weighted by Gasteiger charge is -2.11. The quantitative estimate of drug-likeness (QED) is 0.863. The number of nitrogens with one attached hydrogen (secondary N) is 1. The molecule has 2 N–H and O–H groups in total. The second kappa shape index (κ2) is 3.70. The molecule has 0 amide bonds. The molecule has 1 aliphatic carbocycles. The zero-order valence-electron chi connectivity index (χ0n) is 11.5. The predicted molar refractivity (Wildman–Crippen MR) is 70.9 cm³/mol. The number of carboxylic acid groups (broad SMARTS) is 1. The van der Waals surface area contributed by atoms with E-state index in [0.29, 0.717) is 5.82 Å². The molecule has 1 saturated carbocycles. The summed E-state index contributed by atoms with van der Waals surface area (Å²) in [6.45, 7) is 10.6. The van der Waals surface area contributed by atoms with Crippen LogP contribution in [0, 0.1) is 17.8 Å². The molecular weight excluding hydrogens is 228 g/mol. The lowest BCUT2D eigenvalue weighted by Crippen LogP contribution is -2.15. The van der Waals surface area contributed by atoms with E-state index >= 15 is 0 Å². The normalized spacial score (nSPS) is 20.5. The van der Waals surface area contributed by atoms with Crippen LogP contribution < -0.4 is 5.32 Å². The van der Waals surface area contributed by atoms with E-state index in [1.54, 1.807) is 12.1 Å². The van der Waals surface area contributed by atoms with Gasteiger partial charge in [-0.25, -0.2) is 9.78 Å². The molecule has 0 aromatic carbocycles. The number of anilines is 1. The third kappa shape index (κ3) is 1.76. The molecular formula is C14H20N2O2. The molecule has 0 bridgehead atoms. The molecule has 98 valence electrons.